The molecule has 21 heavy (non-hydrogen) atoms. The monoisotopic (exact) mass is 305 g/mol. The standard InChI is InChI=1S/C8H12O4.C4H15N5/c1-2-3-4-6(8(11)12)5-7(9)10;5-2-1-3(6)4(7,8)9/h3-4,6H,2,5H2,1H3,(H,9,10)(H,11,12);3H,1-2,5-9H2. The lowest BCUT2D eigenvalue weighted by Crippen LogP contribution is -2.69. The maximum atomic E-state index is 10.4. The first-order valence-electron chi connectivity index (χ1n) is 6.49. The highest BCUT2D eigenvalue weighted by Gasteiger charge is 2.20. The first kappa shape index (κ1) is 21.8. The summed E-state index contributed by atoms with van der Waals surface area (Å²) in [5.74, 6) is -4.38. The molecular weight excluding hydrogens is 278 g/mol. The van der Waals surface area contributed by atoms with Gasteiger partial charge < -0.3 is 21.7 Å². The Hall–Kier alpha value is -1.52. The Morgan fingerprint density at radius 2 is 1.76 bits per heavy atom. The summed E-state index contributed by atoms with van der Waals surface area (Å²) in [5.41, 5.74) is 26.3. The maximum absolute atomic E-state index is 10.4. The molecule has 0 aromatic heterocycles. The molecule has 2 atom stereocenters. The first-order chi connectivity index (χ1) is 9.56. The van der Waals surface area contributed by atoms with Crippen LogP contribution in [0, 0.1) is 5.92 Å². The molecule has 0 radical (unpaired) electrons. The number of carboxylic acid groups (broad SMARTS) is 2. The van der Waals surface area contributed by atoms with Gasteiger partial charge in [0.15, 0.2) is 0 Å². The highest BCUT2D eigenvalue weighted by molar-refractivity contribution is 5.79. The second-order valence-electron chi connectivity index (χ2n) is 4.56. The molecule has 0 heterocycles. The molecule has 0 fully saturated rings. The predicted molar refractivity (Wildman–Crippen MR) is 79.7 cm³/mol. The van der Waals surface area contributed by atoms with E-state index in [0.717, 1.165) is 0 Å². The smallest absolute Gasteiger partial charge is 0.310 e. The molecule has 12 N–H and O–H groups in total. The molecule has 0 aliphatic rings. The summed E-state index contributed by atoms with van der Waals surface area (Å²) >= 11 is 0. The van der Waals surface area contributed by atoms with Crippen LogP contribution in [0.5, 0.6) is 0 Å². The van der Waals surface area contributed by atoms with E-state index in [4.69, 9.17) is 38.9 Å². The third-order valence-electron chi connectivity index (χ3n) is 2.44. The number of carbonyl (C=O) groups is 2. The highest BCUT2D eigenvalue weighted by atomic mass is 16.4. The van der Waals surface area contributed by atoms with Crippen LogP contribution < -0.4 is 28.7 Å². The molecule has 0 saturated carbocycles. The SMILES string of the molecule is CCC=CC(CC(=O)O)C(=O)O.NCCC(N)C(N)(N)N. The van der Waals surface area contributed by atoms with E-state index < -0.39 is 29.7 Å². The van der Waals surface area contributed by atoms with Crippen molar-refractivity contribution in [2.45, 2.75) is 38.0 Å². The van der Waals surface area contributed by atoms with E-state index in [1.165, 1.54) is 6.08 Å². The normalized spacial score (nSPS) is 14.2. The second-order valence-corrected chi connectivity index (χ2v) is 4.56. The van der Waals surface area contributed by atoms with Crippen molar-refractivity contribution in [1.82, 2.24) is 0 Å². The van der Waals surface area contributed by atoms with Gasteiger partial charge in [0.25, 0.3) is 0 Å². The van der Waals surface area contributed by atoms with Gasteiger partial charge in [-0.25, -0.2) is 0 Å². The number of rotatable bonds is 8. The van der Waals surface area contributed by atoms with Crippen molar-refractivity contribution in [3.8, 4) is 0 Å². The van der Waals surface area contributed by atoms with Gasteiger partial charge in [-0.05, 0) is 19.4 Å². The van der Waals surface area contributed by atoms with Gasteiger partial charge in [-0.2, -0.15) is 0 Å². The van der Waals surface area contributed by atoms with Crippen LogP contribution in [-0.2, 0) is 9.59 Å². The Labute approximate surface area is 124 Å². The minimum absolute atomic E-state index is 0.355. The van der Waals surface area contributed by atoms with Crippen molar-refractivity contribution in [1.29, 1.82) is 0 Å². The number of carboxylic acids is 2. The van der Waals surface area contributed by atoms with Crippen LogP contribution in [0.2, 0.25) is 0 Å². The van der Waals surface area contributed by atoms with E-state index >= 15 is 0 Å². The van der Waals surface area contributed by atoms with Crippen molar-refractivity contribution in [2.75, 3.05) is 6.54 Å². The Morgan fingerprint density at radius 3 is 2.00 bits per heavy atom. The first-order valence-corrected chi connectivity index (χ1v) is 6.49. The van der Waals surface area contributed by atoms with Crippen molar-refractivity contribution in [2.24, 2.45) is 34.6 Å². The number of nitrogens with two attached hydrogens (primary N) is 5. The van der Waals surface area contributed by atoms with Gasteiger partial charge in [0.1, 0.15) is 5.79 Å². The van der Waals surface area contributed by atoms with E-state index in [0.29, 0.717) is 19.4 Å². The van der Waals surface area contributed by atoms with E-state index in [1.807, 2.05) is 6.92 Å². The third kappa shape index (κ3) is 13.2. The molecule has 0 rings (SSSR count). The Balaban J connectivity index is 0. The van der Waals surface area contributed by atoms with Crippen LogP contribution >= 0.6 is 0 Å². The van der Waals surface area contributed by atoms with Gasteiger partial charge >= 0.3 is 11.9 Å². The van der Waals surface area contributed by atoms with Crippen LogP contribution in [0.4, 0.5) is 0 Å². The average molecular weight is 305 g/mol. The predicted octanol–water partition coefficient (Wildman–Crippen LogP) is -1.68. The molecule has 0 aliphatic carbocycles. The zero-order valence-corrected chi connectivity index (χ0v) is 12.2. The third-order valence-corrected chi connectivity index (χ3v) is 2.44. The Morgan fingerprint density at radius 1 is 1.24 bits per heavy atom. The quantitative estimate of drug-likeness (QED) is 0.201. The van der Waals surface area contributed by atoms with E-state index in [2.05, 4.69) is 0 Å². The molecule has 2 unspecified atom stereocenters. The molecule has 0 amide bonds. The second kappa shape index (κ2) is 11.2. The van der Waals surface area contributed by atoms with Gasteiger partial charge in [0.05, 0.1) is 18.4 Å². The fourth-order valence-electron chi connectivity index (χ4n) is 1.16. The van der Waals surface area contributed by atoms with Crippen LogP contribution in [0.25, 0.3) is 0 Å². The fourth-order valence-corrected chi connectivity index (χ4v) is 1.16. The van der Waals surface area contributed by atoms with Crippen molar-refractivity contribution >= 4 is 11.9 Å². The topological polar surface area (TPSA) is 205 Å². The minimum Gasteiger partial charge on any atom is -0.481 e. The summed E-state index contributed by atoms with van der Waals surface area (Å²) in [7, 11) is 0. The lowest BCUT2D eigenvalue weighted by Gasteiger charge is -2.25. The summed E-state index contributed by atoms with van der Waals surface area (Å²) in [6, 6.07) is -0.428. The molecule has 124 valence electrons. The zero-order valence-electron chi connectivity index (χ0n) is 12.2. The van der Waals surface area contributed by atoms with E-state index in [-0.39, 0.29) is 6.42 Å². The molecule has 0 aromatic rings. The molecule has 0 aromatic carbocycles. The number of hydrogen-bond donors (Lipinski definition) is 7. The van der Waals surface area contributed by atoms with Crippen LogP contribution in [0.15, 0.2) is 12.2 Å². The van der Waals surface area contributed by atoms with Crippen LogP contribution in [-0.4, -0.2) is 40.5 Å². The Bertz CT molecular complexity index is 341. The van der Waals surface area contributed by atoms with E-state index in [1.54, 1.807) is 6.08 Å². The molecule has 9 heteroatoms. The van der Waals surface area contributed by atoms with Gasteiger partial charge in [0, 0.05) is 0 Å². The van der Waals surface area contributed by atoms with Crippen LogP contribution in [0.1, 0.15) is 26.2 Å². The lowest BCUT2D eigenvalue weighted by molar-refractivity contribution is -0.146. The lowest BCUT2D eigenvalue weighted by atomic mass is 10.1. The Kier molecular flexibility index (Phi) is 11.6. The van der Waals surface area contributed by atoms with Gasteiger partial charge in [-0.15, -0.1) is 0 Å². The number of aliphatic carboxylic acids is 2. The maximum Gasteiger partial charge on any atom is 0.310 e. The highest BCUT2D eigenvalue weighted by Crippen LogP contribution is 2.05. The van der Waals surface area contributed by atoms with Gasteiger partial charge in [-0.3, -0.25) is 26.8 Å². The average Bonchev–Trinajstić information content (AvgIpc) is 2.33. The summed E-state index contributed by atoms with van der Waals surface area (Å²) < 4.78 is 0. The number of allylic oxidation sites excluding steroid dienone is 1. The van der Waals surface area contributed by atoms with Crippen molar-refractivity contribution in [3.05, 3.63) is 12.2 Å². The fraction of sp³-hybridized carbons (Fsp3) is 0.667. The van der Waals surface area contributed by atoms with Crippen molar-refractivity contribution < 1.29 is 19.8 Å². The zero-order chi connectivity index (χ0) is 17.1. The molecule has 9 nitrogen and oxygen atoms in total. The van der Waals surface area contributed by atoms with Crippen molar-refractivity contribution in [3.63, 3.8) is 0 Å². The molecule has 0 spiro atoms. The largest absolute Gasteiger partial charge is 0.481 e. The number of hydrogen-bond acceptors (Lipinski definition) is 7. The van der Waals surface area contributed by atoms with Crippen LogP contribution in [0.3, 0.4) is 0 Å². The molecule has 0 bridgehead atoms. The molecular formula is C12H27N5O4. The summed E-state index contributed by atoms with van der Waals surface area (Å²) in [5, 5.41) is 16.9. The summed E-state index contributed by atoms with van der Waals surface area (Å²) in [6.45, 7) is 2.31. The molecule has 0 aliphatic heterocycles. The summed E-state index contributed by atoms with van der Waals surface area (Å²) in [4.78, 5) is 20.6. The van der Waals surface area contributed by atoms with E-state index in [9.17, 15) is 9.59 Å². The minimum atomic E-state index is -1.29. The molecule has 0 saturated heterocycles. The summed E-state index contributed by atoms with van der Waals surface area (Å²) in [6.07, 6.45) is 3.97. The van der Waals surface area contributed by atoms with Gasteiger partial charge in [-0.1, -0.05) is 19.1 Å². The van der Waals surface area contributed by atoms with Gasteiger partial charge in [0.2, 0.25) is 0 Å².